The SMILES string of the molecule is CNCc1cn(CC2CC3CCN2CC3C(=O)NCc2ccccc2OC)nn1. The number of fused-ring (bicyclic) bond motifs is 3. The predicted octanol–water partition coefficient (Wildman–Crippen LogP) is 1.03. The van der Waals surface area contributed by atoms with Crippen molar-refractivity contribution in [2.45, 2.75) is 38.5 Å². The first kappa shape index (κ1) is 19.8. The first-order valence-corrected chi connectivity index (χ1v) is 10.3. The van der Waals surface area contributed by atoms with Gasteiger partial charge in [-0.3, -0.25) is 14.4 Å². The van der Waals surface area contributed by atoms with Crippen molar-refractivity contribution < 1.29 is 9.53 Å². The van der Waals surface area contributed by atoms with E-state index >= 15 is 0 Å². The van der Waals surface area contributed by atoms with E-state index in [2.05, 4.69) is 25.8 Å². The number of aromatic nitrogens is 3. The summed E-state index contributed by atoms with van der Waals surface area (Å²) < 4.78 is 7.32. The van der Waals surface area contributed by atoms with Gasteiger partial charge in [-0.25, -0.2) is 0 Å². The fourth-order valence-electron chi connectivity index (χ4n) is 4.69. The lowest BCUT2D eigenvalue weighted by Crippen LogP contribution is -2.58. The smallest absolute Gasteiger partial charge is 0.224 e. The highest BCUT2D eigenvalue weighted by atomic mass is 16.5. The first-order valence-electron chi connectivity index (χ1n) is 10.3. The van der Waals surface area contributed by atoms with Crippen LogP contribution >= 0.6 is 0 Å². The van der Waals surface area contributed by atoms with E-state index in [1.54, 1.807) is 7.11 Å². The van der Waals surface area contributed by atoms with Crippen LogP contribution in [-0.4, -0.2) is 59.1 Å². The number of carbonyl (C=O) groups is 1. The highest BCUT2D eigenvalue weighted by molar-refractivity contribution is 5.79. The van der Waals surface area contributed by atoms with Gasteiger partial charge in [0.05, 0.1) is 25.3 Å². The number of piperidine rings is 3. The fraction of sp³-hybridized carbons (Fsp3) is 0.571. The third kappa shape index (κ3) is 4.43. The van der Waals surface area contributed by atoms with Crippen LogP contribution in [0.2, 0.25) is 0 Å². The number of hydrogen-bond donors (Lipinski definition) is 2. The first-order chi connectivity index (χ1) is 14.2. The van der Waals surface area contributed by atoms with Gasteiger partial charge in [0.25, 0.3) is 0 Å². The Balaban J connectivity index is 1.33. The van der Waals surface area contributed by atoms with Crippen molar-refractivity contribution >= 4 is 5.91 Å². The van der Waals surface area contributed by atoms with E-state index < -0.39 is 0 Å². The summed E-state index contributed by atoms with van der Waals surface area (Å²) in [5, 5.41) is 14.7. The molecule has 8 nitrogen and oxygen atoms in total. The zero-order chi connectivity index (χ0) is 20.2. The van der Waals surface area contributed by atoms with E-state index in [9.17, 15) is 4.79 Å². The molecule has 4 heterocycles. The van der Waals surface area contributed by atoms with Crippen LogP contribution in [0.1, 0.15) is 24.1 Å². The summed E-state index contributed by atoms with van der Waals surface area (Å²) in [6.07, 6.45) is 4.14. The largest absolute Gasteiger partial charge is 0.496 e. The van der Waals surface area contributed by atoms with Crippen LogP contribution in [0, 0.1) is 11.8 Å². The molecule has 8 heteroatoms. The van der Waals surface area contributed by atoms with E-state index in [4.69, 9.17) is 4.74 Å². The maximum absolute atomic E-state index is 12.9. The van der Waals surface area contributed by atoms with Crippen molar-refractivity contribution in [1.82, 2.24) is 30.5 Å². The number of nitrogens with one attached hydrogen (secondary N) is 2. The van der Waals surface area contributed by atoms with Crippen molar-refractivity contribution in [2.75, 3.05) is 27.2 Å². The molecule has 3 aliphatic heterocycles. The Morgan fingerprint density at radius 1 is 1.31 bits per heavy atom. The van der Waals surface area contributed by atoms with Crippen LogP contribution in [0.5, 0.6) is 5.75 Å². The number of para-hydroxylation sites is 1. The minimum atomic E-state index is 0.0605. The molecular weight excluding hydrogens is 368 g/mol. The summed E-state index contributed by atoms with van der Waals surface area (Å²) in [5.41, 5.74) is 1.96. The van der Waals surface area contributed by atoms with E-state index in [1.807, 2.05) is 42.2 Å². The van der Waals surface area contributed by atoms with Crippen LogP contribution in [0.3, 0.4) is 0 Å². The number of ether oxygens (including phenoxy) is 1. The summed E-state index contributed by atoms with van der Waals surface area (Å²) in [4.78, 5) is 15.3. The average molecular weight is 399 g/mol. The topological polar surface area (TPSA) is 84.3 Å². The van der Waals surface area contributed by atoms with Crippen molar-refractivity contribution in [1.29, 1.82) is 0 Å². The Kier molecular flexibility index (Phi) is 6.10. The Morgan fingerprint density at radius 2 is 2.17 bits per heavy atom. The number of amides is 1. The molecule has 3 saturated heterocycles. The number of carbonyl (C=O) groups excluding carboxylic acids is 1. The van der Waals surface area contributed by atoms with Crippen LogP contribution in [-0.2, 0) is 24.4 Å². The van der Waals surface area contributed by atoms with Crippen LogP contribution in [0.25, 0.3) is 0 Å². The van der Waals surface area contributed by atoms with Crippen molar-refractivity contribution in [3.8, 4) is 5.75 Å². The van der Waals surface area contributed by atoms with E-state index in [1.165, 1.54) is 0 Å². The van der Waals surface area contributed by atoms with E-state index in [0.717, 1.165) is 56.0 Å². The monoisotopic (exact) mass is 398 g/mol. The molecule has 4 atom stereocenters. The Labute approximate surface area is 171 Å². The van der Waals surface area contributed by atoms with Gasteiger partial charge in [0.2, 0.25) is 5.91 Å². The molecule has 3 aliphatic rings. The molecule has 5 rings (SSSR count). The normalized spacial score (nSPS) is 25.7. The van der Waals surface area contributed by atoms with E-state index in [-0.39, 0.29) is 11.8 Å². The quantitative estimate of drug-likeness (QED) is 0.691. The summed E-state index contributed by atoms with van der Waals surface area (Å²) in [6, 6.07) is 8.25. The Morgan fingerprint density at radius 3 is 2.93 bits per heavy atom. The lowest BCUT2D eigenvalue weighted by Gasteiger charge is -2.49. The minimum absolute atomic E-state index is 0.0605. The van der Waals surface area contributed by atoms with Gasteiger partial charge >= 0.3 is 0 Å². The molecule has 1 aromatic heterocycles. The molecule has 4 unspecified atom stereocenters. The lowest BCUT2D eigenvalue weighted by molar-refractivity contribution is -0.133. The molecule has 1 amide bonds. The van der Waals surface area contributed by atoms with Crippen LogP contribution in [0.15, 0.2) is 30.5 Å². The molecule has 29 heavy (non-hydrogen) atoms. The second kappa shape index (κ2) is 8.92. The second-order valence-corrected chi connectivity index (χ2v) is 8.03. The number of benzene rings is 1. The second-order valence-electron chi connectivity index (χ2n) is 8.03. The zero-order valence-corrected chi connectivity index (χ0v) is 17.2. The van der Waals surface area contributed by atoms with Crippen LogP contribution < -0.4 is 15.4 Å². The molecule has 1 aromatic carbocycles. The molecule has 156 valence electrons. The average Bonchev–Trinajstić information content (AvgIpc) is 3.19. The fourth-order valence-corrected chi connectivity index (χ4v) is 4.69. The molecule has 2 bridgehead atoms. The number of hydrogen-bond acceptors (Lipinski definition) is 6. The van der Waals surface area contributed by atoms with E-state index in [0.29, 0.717) is 18.5 Å². The molecule has 2 N–H and O–H groups in total. The number of methoxy groups -OCH3 is 1. The maximum atomic E-state index is 12.9. The highest BCUT2D eigenvalue weighted by Crippen LogP contribution is 2.37. The van der Waals surface area contributed by atoms with Crippen LogP contribution in [0.4, 0.5) is 0 Å². The Hall–Kier alpha value is -2.45. The number of nitrogens with zero attached hydrogens (tertiary/aromatic N) is 4. The van der Waals surface area contributed by atoms with Gasteiger partial charge in [0.1, 0.15) is 5.75 Å². The molecule has 2 aromatic rings. The molecule has 0 radical (unpaired) electrons. The van der Waals surface area contributed by atoms with Gasteiger partial charge < -0.3 is 15.4 Å². The van der Waals surface area contributed by atoms with Gasteiger partial charge in [-0.15, -0.1) is 5.10 Å². The molecule has 0 aliphatic carbocycles. The third-order valence-electron chi connectivity index (χ3n) is 6.20. The molecule has 3 fully saturated rings. The zero-order valence-electron chi connectivity index (χ0n) is 17.2. The van der Waals surface area contributed by atoms with Gasteiger partial charge in [-0.2, -0.15) is 0 Å². The molecule has 0 saturated carbocycles. The third-order valence-corrected chi connectivity index (χ3v) is 6.20. The van der Waals surface area contributed by atoms with Crippen molar-refractivity contribution in [3.63, 3.8) is 0 Å². The number of rotatable bonds is 8. The Bertz CT molecular complexity index is 838. The highest BCUT2D eigenvalue weighted by Gasteiger charge is 2.43. The van der Waals surface area contributed by atoms with Gasteiger partial charge in [0, 0.05) is 37.4 Å². The molecule has 0 spiro atoms. The van der Waals surface area contributed by atoms with Gasteiger partial charge in [-0.05, 0) is 38.4 Å². The summed E-state index contributed by atoms with van der Waals surface area (Å²) >= 11 is 0. The maximum Gasteiger partial charge on any atom is 0.224 e. The molecular formula is C21H30N6O2. The lowest BCUT2D eigenvalue weighted by atomic mass is 9.75. The minimum Gasteiger partial charge on any atom is -0.496 e. The van der Waals surface area contributed by atoms with Gasteiger partial charge in [0.15, 0.2) is 0 Å². The summed E-state index contributed by atoms with van der Waals surface area (Å²) in [5.74, 6) is 1.46. The summed E-state index contributed by atoms with van der Waals surface area (Å²) in [7, 11) is 3.56. The van der Waals surface area contributed by atoms with Crippen molar-refractivity contribution in [2.24, 2.45) is 11.8 Å². The standard InChI is InChI=1S/C21H30N6O2/c1-22-11-17-12-27(25-24-17)13-18-9-15-7-8-26(18)14-19(15)21(28)23-10-16-5-3-4-6-20(16)29-2/h3-6,12,15,18-19,22H,7-11,13-14H2,1-2H3,(H,23,28). The summed E-state index contributed by atoms with van der Waals surface area (Å²) in [6.45, 7) is 3.95. The van der Waals surface area contributed by atoms with Crippen molar-refractivity contribution in [3.05, 3.63) is 41.7 Å². The van der Waals surface area contributed by atoms with Gasteiger partial charge in [-0.1, -0.05) is 23.4 Å². The predicted molar refractivity (Wildman–Crippen MR) is 109 cm³/mol.